The zero-order valence-electron chi connectivity index (χ0n) is 9.81. The Morgan fingerprint density at radius 3 is 2.71 bits per heavy atom. The van der Waals surface area contributed by atoms with Gasteiger partial charge in [-0.1, -0.05) is 48.6 Å². The predicted molar refractivity (Wildman–Crippen MR) is 71.0 cm³/mol. The fourth-order valence-corrected chi connectivity index (χ4v) is 2.66. The second-order valence-corrected chi connectivity index (χ2v) is 4.66. The molecule has 0 saturated carbocycles. The van der Waals surface area contributed by atoms with Gasteiger partial charge in [-0.15, -0.1) is 0 Å². The molecule has 0 spiro atoms. The van der Waals surface area contributed by atoms with Gasteiger partial charge in [-0.05, 0) is 28.8 Å². The smallest absolute Gasteiger partial charge is 0.130 e. The highest BCUT2D eigenvalue weighted by molar-refractivity contribution is 5.96. The van der Waals surface area contributed by atoms with Gasteiger partial charge in [0.25, 0.3) is 0 Å². The van der Waals surface area contributed by atoms with Gasteiger partial charge in [-0.25, -0.2) is 0 Å². The lowest BCUT2D eigenvalue weighted by Crippen LogP contribution is -2.05. The number of rotatable bonds is 2. The zero-order valence-corrected chi connectivity index (χ0v) is 9.81. The highest BCUT2D eigenvalue weighted by Crippen LogP contribution is 2.36. The van der Waals surface area contributed by atoms with Crippen molar-refractivity contribution in [3.8, 4) is 0 Å². The lowest BCUT2D eigenvalue weighted by Gasteiger charge is -2.20. The molecule has 0 aromatic heterocycles. The van der Waals surface area contributed by atoms with Crippen LogP contribution in [0.1, 0.15) is 30.4 Å². The Morgan fingerprint density at radius 2 is 1.94 bits per heavy atom. The van der Waals surface area contributed by atoms with Gasteiger partial charge in [0.15, 0.2) is 0 Å². The van der Waals surface area contributed by atoms with Gasteiger partial charge < -0.3 is 0 Å². The summed E-state index contributed by atoms with van der Waals surface area (Å²) < 4.78 is 0. The maximum absolute atomic E-state index is 11.3. The second-order valence-electron chi connectivity index (χ2n) is 4.66. The Labute approximate surface area is 101 Å². The molecular formula is C16H14O. The van der Waals surface area contributed by atoms with Crippen molar-refractivity contribution in [1.29, 1.82) is 0 Å². The molecule has 1 heteroatoms. The van der Waals surface area contributed by atoms with Gasteiger partial charge in [-0.2, -0.15) is 0 Å². The van der Waals surface area contributed by atoms with Crippen LogP contribution in [0, 0.1) is 0 Å². The standard InChI is InChI=1S/C16H14O/c1-11(17)10-14-9-8-13-5-2-4-12-6-3-7-15(14)16(12)13/h2-9,14H,10H2,1H3. The molecule has 84 valence electrons. The molecule has 2 aromatic carbocycles. The third-order valence-electron chi connectivity index (χ3n) is 3.38. The van der Waals surface area contributed by atoms with Crippen LogP contribution in [-0.2, 0) is 4.79 Å². The number of benzene rings is 2. The van der Waals surface area contributed by atoms with Crippen molar-refractivity contribution in [3.63, 3.8) is 0 Å². The molecule has 0 fully saturated rings. The Balaban J connectivity index is 2.23. The molecule has 1 unspecified atom stereocenters. The highest BCUT2D eigenvalue weighted by atomic mass is 16.1. The van der Waals surface area contributed by atoms with Crippen molar-refractivity contribution in [3.05, 3.63) is 53.6 Å². The minimum atomic E-state index is 0.242. The first-order valence-corrected chi connectivity index (χ1v) is 5.95. The van der Waals surface area contributed by atoms with Crippen LogP contribution < -0.4 is 0 Å². The summed E-state index contributed by atoms with van der Waals surface area (Å²) in [5, 5.41) is 2.57. The van der Waals surface area contributed by atoms with Crippen LogP contribution >= 0.6 is 0 Å². The first-order valence-electron chi connectivity index (χ1n) is 5.95. The molecule has 0 aliphatic heterocycles. The average Bonchev–Trinajstić information content (AvgIpc) is 2.33. The SMILES string of the molecule is CC(=O)CC1C=Cc2cccc3cccc1c23. The summed E-state index contributed by atoms with van der Waals surface area (Å²) >= 11 is 0. The summed E-state index contributed by atoms with van der Waals surface area (Å²) in [6, 6.07) is 12.7. The highest BCUT2D eigenvalue weighted by Gasteiger charge is 2.18. The van der Waals surface area contributed by atoms with Crippen molar-refractivity contribution in [1.82, 2.24) is 0 Å². The van der Waals surface area contributed by atoms with Gasteiger partial charge in [0.1, 0.15) is 5.78 Å². The first kappa shape index (κ1) is 10.3. The Morgan fingerprint density at radius 1 is 1.18 bits per heavy atom. The maximum atomic E-state index is 11.3. The summed E-state index contributed by atoms with van der Waals surface area (Å²) in [6.45, 7) is 1.66. The summed E-state index contributed by atoms with van der Waals surface area (Å²) in [7, 11) is 0. The molecule has 0 bridgehead atoms. The molecular weight excluding hydrogens is 208 g/mol. The number of Topliss-reactive ketones (excluding diaryl/α,β-unsaturated/α-hetero) is 1. The number of carbonyl (C=O) groups is 1. The predicted octanol–water partition coefficient (Wildman–Crippen LogP) is 3.93. The molecule has 0 N–H and O–H groups in total. The first-order chi connectivity index (χ1) is 8.25. The van der Waals surface area contributed by atoms with Crippen LogP contribution in [0.2, 0.25) is 0 Å². The summed E-state index contributed by atoms with van der Waals surface area (Å²) in [5.41, 5.74) is 2.55. The zero-order chi connectivity index (χ0) is 11.8. The average molecular weight is 222 g/mol. The van der Waals surface area contributed by atoms with Crippen LogP contribution in [0.4, 0.5) is 0 Å². The lowest BCUT2D eigenvalue weighted by molar-refractivity contribution is -0.117. The Kier molecular flexibility index (Phi) is 2.32. The van der Waals surface area contributed by atoms with E-state index in [1.807, 2.05) is 0 Å². The van der Waals surface area contributed by atoms with E-state index in [0.717, 1.165) is 0 Å². The number of hydrogen-bond donors (Lipinski definition) is 0. The number of hydrogen-bond acceptors (Lipinski definition) is 1. The van der Waals surface area contributed by atoms with E-state index in [2.05, 4.69) is 48.6 Å². The minimum absolute atomic E-state index is 0.242. The lowest BCUT2D eigenvalue weighted by atomic mass is 9.84. The molecule has 1 aliphatic carbocycles. The monoisotopic (exact) mass is 222 g/mol. The third kappa shape index (κ3) is 1.68. The van der Waals surface area contributed by atoms with Gasteiger partial charge in [0.05, 0.1) is 0 Å². The largest absolute Gasteiger partial charge is 0.300 e. The maximum Gasteiger partial charge on any atom is 0.130 e. The summed E-state index contributed by atoms with van der Waals surface area (Å²) in [5.74, 6) is 0.488. The van der Waals surface area contributed by atoms with Crippen LogP contribution in [0.25, 0.3) is 16.8 Å². The van der Waals surface area contributed by atoms with Crippen LogP contribution in [0.15, 0.2) is 42.5 Å². The topological polar surface area (TPSA) is 17.1 Å². The third-order valence-corrected chi connectivity index (χ3v) is 3.38. The van der Waals surface area contributed by atoms with E-state index in [1.165, 1.54) is 21.9 Å². The van der Waals surface area contributed by atoms with E-state index >= 15 is 0 Å². The fourth-order valence-electron chi connectivity index (χ4n) is 2.66. The van der Waals surface area contributed by atoms with Crippen molar-refractivity contribution in [2.45, 2.75) is 19.3 Å². The van der Waals surface area contributed by atoms with Crippen molar-refractivity contribution >= 4 is 22.6 Å². The molecule has 0 amide bonds. The van der Waals surface area contributed by atoms with Gasteiger partial charge in [-0.3, -0.25) is 4.79 Å². The summed E-state index contributed by atoms with van der Waals surface area (Å²) in [6.07, 6.45) is 4.89. The molecule has 2 aromatic rings. The van der Waals surface area contributed by atoms with E-state index in [1.54, 1.807) is 6.92 Å². The molecule has 0 saturated heterocycles. The van der Waals surface area contributed by atoms with E-state index in [-0.39, 0.29) is 11.7 Å². The van der Waals surface area contributed by atoms with Crippen LogP contribution in [0.5, 0.6) is 0 Å². The van der Waals surface area contributed by atoms with Gasteiger partial charge >= 0.3 is 0 Å². The van der Waals surface area contributed by atoms with E-state index < -0.39 is 0 Å². The van der Waals surface area contributed by atoms with E-state index in [4.69, 9.17) is 0 Å². The van der Waals surface area contributed by atoms with E-state index in [9.17, 15) is 4.79 Å². The minimum Gasteiger partial charge on any atom is -0.300 e. The Bertz CT molecular complexity index is 617. The van der Waals surface area contributed by atoms with Crippen molar-refractivity contribution in [2.75, 3.05) is 0 Å². The Hall–Kier alpha value is -1.89. The quantitative estimate of drug-likeness (QED) is 0.752. The number of allylic oxidation sites excluding steroid dienone is 1. The molecule has 3 rings (SSSR count). The molecule has 0 heterocycles. The van der Waals surface area contributed by atoms with Crippen LogP contribution in [0.3, 0.4) is 0 Å². The van der Waals surface area contributed by atoms with Crippen molar-refractivity contribution < 1.29 is 4.79 Å². The molecule has 1 atom stereocenters. The normalized spacial score (nSPS) is 17.4. The van der Waals surface area contributed by atoms with Gasteiger partial charge in [0.2, 0.25) is 0 Å². The molecule has 1 nitrogen and oxygen atoms in total. The van der Waals surface area contributed by atoms with Crippen molar-refractivity contribution in [2.24, 2.45) is 0 Å². The number of ketones is 1. The van der Waals surface area contributed by atoms with Crippen LogP contribution in [-0.4, -0.2) is 5.78 Å². The fraction of sp³-hybridized carbons (Fsp3) is 0.188. The molecule has 17 heavy (non-hydrogen) atoms. The molecule has 1 aliphatic rings. The number of carbonyl (C=O) groups excluding carboxylic acids is 1. The second kappa shape index (κ2) is 3.85. The summed E-state index contributed by atoms with van der Waals surface area (Å²) in [4.78, 5) is 11.3. The van der Waals surface area contributed by atoms with E-state index in [0.29, 0.717) is 6.42 Å². The molecule has 0 radical (unpaired) electrons. The van der Waals surface area contributed by atoms with Gasteiger partial charge in [0, 0.05) is 12.3 Å².